The molecule has 1 aliphatic heterocycles. The van der Waals surface area contributed by atoms with E-state index in [4.69, 9.17) is 9.47 Å². The van der Waals surface area contributed by atoms with Crippen LogP contribution in [-0.4, -0.2) is 38.3 Å². The number of carbonyl (C=O) groups excluding carboxylic acids is 1. The second-order valence-electron chi connectivity index (χ2n) is 5.94. The van der Waals surface area contributed by atoms with Gasteiger partial charge in [0.25, 0.3) is 0 Å². The van der Waals surface area contributed by atoms with Crippen molar-refractivity contribution in [1.82, 2.24) is 0 Å². The van der Waals surface area contributed by atoms with Crippen LogP contribution in [0.25, 0.3) is 0 Å². The Morgan fingerprint density at radius 2 is 2.09 bits per heavy atom. The van der Waals surface area contributed by atoms with Gasteiger partial charge in [-0.05, 0) is 38.3 Å². The molecule has 0 spiro atoms. The fraction of sp³-hybridized carbons (Fsp3) is 0.611. The molecule has 2 atom stereocenters. The van der Waals surface area contributed by atoms with Crippen molar-refractivity contribution in [2.45, 2.75) is 45.8 Å². The van der Waals surface area contributed by atoms with Crippen molar-refractivity contribution in [2.75, 3.05) is 26.2 Å². The van der Waals surface area contributed by atoms with Gasteiger partial charge in [-0.3, -0.25) is 0 Å². The molecule has 0 bridgehead atoms. The van der Waals surface area contributed by atoms with Gasteiger partial charge in [-0.25, -0.2) is 4.79 Å². The van der Waals surface area contributed by atoms with E-state index in [1.165, 1.54) is 10.5 Å². The van der Waals surface area contributed by atoms with E-state index in [1.807, 2.05) is 25.1 Å². The van der Waals surface area contributed by atoms with E-state index in [2.05, 4.69) is 19.9 Å². The molecule has 1 aromatic carbocycles. The molecule has 4 heteroatoms. The van der Waals surface area contributed by atoms with Gasteiger partial charge in [0.15, 0.2) is 6.10 Å². The van der Waals surface area contributed by atoms with Crippen LogP contribution >= 0.6 is 0 Å². The largest absolute Gasteiger partial charge is 0.460 e. The van der Waals surface area contributed by atoms with Gasteiger partial charge in [-0.15, -0.1) is 0 Å². The minimum atomic E-state index is -0.562. The Hall–Kier alpha value is -1.39. The van der Waals surface area contributed by atoms with E-state index < -0.39 is 6.10 Å². The zero-order valence-corrected chi connectivity index (χ0v) is 13.9. The summed E-state index contributed by atoms with van der Waals surface area (Å²) in [7, 11) is 0. The average Bonchev–Trinajstić information content (AvgIpc) is 2.55. The fourth-order valence-electron chi connectivity index (χ4n) is 2.92. The molecule has 0 radical (unpaired) electrons. The summed E-state index contributed by atoms with van der Waals surface area (Å²) < 4.78 is 11.3. The Balaban J connectivity index is 1.90. The predicted octanol–water partition coefficient (Wildman–Crippen LogP) is 1.55. The highest BCUT2D eigenvalue weighted by Gasteiger charge is 2.29. The zero-order valence-electron chi connectivity index (χ0n) is 13.9. The van der Waals surface area contributed by atoms with Gasteiger partial charge in [0.05, 0.1) is 26.2 Å². The summed E-state index contributed by atoms with van der Waals surface area (Å²) in [5, 5.41) is 0. The number of nitrogens with one attached hydrogen (secondary N) is 1. The summed E-state index contributed by atoms with van der Waals surface area (Å²) in [6.07, 6.45) is 1.12. The van der Waals surface area contributed by atoms with Crippen LogP contribution in [0.4, 0.5) is 0 Å². The monoisotopic (exact) mass is 306 g/mol. The van der Waals surface area contributed by atoms with Crippen molar-refractivity contribution in [3.63, 3.8) is 0 Å². The molecule has 122 valence electrons. The van der Waals surface area contributed by atoms with E-state index in [-0.39, 0.29) is 12.1 Å². The Morgan fingerprint density at radius 1 is 1.36 bits per heavy atom. The van der Waals surface area contributed by atoms with Crippen LogP contribution in [0, 0.1) is 0 Å². The summed E-state index contributed by atoms with van der Waals surface area (Å²) in [5.41, 5.74) is 2.15. The van der Waals surface area contributed by atoms with Crippen LogP contribution < -0.4 is 4.90 Å². The maximum atomic E-state index is 12.4. The molecule has 1 heterocycles. The number of fused-ring (bicyclic) bond motifs is 1. The smallest absolute Gasteiger partial charge is 0.340 e. The number of hydrogen-bond acceptors (Lipinski definition) is 3. The third-order valence-corrected chi connectivity index (χ3v) is 4.43. The molecule has 0 saturated heterocycles. The number of benzene rings is 1. The molecular formula is C18H28NO3+. The number of ether oxygens (including phenoxy) is 2. The lowest BCUT2D eigenvalue weighted by atomic mass is 9.98. The quantitative estimate of drug-likeness (QED) is 0.777. The number of hydrogen-bond donors (Lipinski definition) is 1. The second-order valence-corrected chi connectivity index (χ2v) is 5.94. The van der Waals surface area contributed by atoms with Gasteiger partial charge in [-0.1, -0.05) is 24.3 Å². The Morgan fingerprint density at radius 3 is 2.82 bits per heavy atom. The van der Waals surface area contributed by atoms with Crippen LogP contribution in [0.1, 0.15) is 44.4 Å². The molecule has 1 aromatic rings. The van der Waals surface area contributed by atoms with Gasteiger partial charge in [0.1, 0.15) is 6.10 Å². The third-order valence-electron chi connectivity index (χ3n) is 4.43. The molecule has 1 aliphatic rings. The molecule has 4 nitrogen and oxygen atoms in total. The minimum absolute atomic E-state index is 0.0710. The lowest BCUT2D eigenvalue weighted by molar-refractivity contribution is -0.896. The summed E-state index contributed by atoms with van der Waals surface area (Å²) in [6, 6.07) is 7.97. The molecular weight excluding hydrogens is 278 g/mol. The number of rotatable bonds is 7. The Bertz CT molecular complexity index is 485. The average molecular weight is 306 g/mol. The van der Waals surface area contributed by atoms with Crippen molar-refractivity contribution >= 4 is 5.97 Å². The van der Waals surface area contributed by atoms with Crippen molar-refractivity contribution in [1.29, 1.82) is 0 Å². The minimum Gasteiger partial charge on any atom is -0.460 e. The SMILES string of the molecule is CC[NH+](CC)CC[C@H](C)OC(=O)[C@@H]1OCCc2ccccc21. The lowest BCUT2D eigenvalue weighted by Crippen LogP contribution is -3.11. The molecule has 0 saturated carbocycles. The molecule has 0 aromatic heterocycles. The van der Waals surface area contributed by atoms with Gasteiger partial charge in [-0.2, -0.15) is 0 Å². The topological polar surface area (TPSA) is 40.0 Å². The highest BCUT2D eigenvalue weighted by Crippen LogP contribution is 2.28. The van der Waals surface area contributed by atoms with Gasteiger partial charge < -0.3 is 14.4 Å². The van der Waals surface area contributed by atoms with Crippen LogP contribution in [0.2, 0.25) is 0 Å². The van der Waals surface area contributed by atoms with E-state index in [1.54, 1.807) is 0 Å². The first kappa shape index (κ1) is 17.0. The number of carbonyl (C=O) groups is 1. The van der Waals surface area contributed by atoms with Gasteiger partial charge >= 0.3 is 5.97 Å². The van der Waals surface area contributed by atoms with Crippen LogP contribution in [-0.2, 0) is 20.7 Å². The van der Waals surface area contributed by atoms with E-state index >= 15 is 0 Å². The lowest BCUT2D eigenvalue weighted by Gasteiger charge is -2.26. The normalized spacial score (nSPS) is 18.8. The summed E-state index contributed by atoms with van der Waals surface area (Å²) in [4.78, 5) is 13.9. The molecule has 2 rings (SSSR count). The van der Waals surface area contributed by atoms with E-state index in [0.29, 0.717) is 6.61 Å². The van der Waals surface area contributed by atoms with E-state index in [0.717, 1.165) is 38.0 Å². The van der Waals surface area contributed by atoms with Gasteiger partial charge in [0.2, 0.25) is 0 Å². The van der Waals surface area contributed by atoms with Crippen molar-refractivity contribution in [2.24, 2.45) is 0 Å². The summed E-state index contributed by atoms with van der Waals surface area (Å²) in [6.45, 7) is 10.2. The highest BCUT2D eigenvalue weighted by atomic mass is 16.6. The Labute approximate surface area is 133 Å². The van der Waals surface area contributed by atoms with Crippen molar-refractivity contribution in [3.05, 3.63) is 35.4 Å². The van der Waals surface area contributed by atoms with Gasteiger partial charge in [0, 0.05) is 6.42 Å². The maximum Gasteiger partial charge on any atom is 0.340 e. The molecule has 0 amide bonds. The first-order valence-electron chi connectivity index (χ1n) is 8.39. The predicted molar refractivity (Wildman–Crippen MR) is 85.9 cm³/mol. The Kier molecular flexibility index (Phi) is 6.40. The van der Waals surface area contributed by atoms with Crippen molar-refractivity contribution < 1.29 is 19.2 Å². The number of quaternary nitrogens is 1. The molecule has 22 heavy (non-hydrogen) atoms. The second kappa shape index (κ2) is 8.30. The first-order chi connectivity index (χ1) is 10.7. The summed E-state index contributed by atoms with van der Waals surface area (Å²) in [5.74, 6) is -0.255. The zero-order chi connectivity index (χ0) is 15.9. The highest BCUT2D eigenvalue weighted by molar-refractivity contribution is 5.77. The first-order valence-corrected chi connectivity index (χ1v) is 8.39. The standard InChI is InChI=1S/C18H27NO3/c1-4-19(5-2)12-10-14(3)22-18(20)17-16-9-7-6-8-15(16)11-13-21-17/h6-9,14,17H,4-5,10-13H2,1-3H3/p+1/t14-,17+/m0/s1. The summed E-state index contributed by atoms with van der Waals surface area (Å²) >= 11 is 0. The molecule has 0 unspecified atom stereocenters. The van der Waals surface area contributed by atoms with Crippen LogP contribution in [0.15, 0.2) is 24.3 Å². The molecule has 1 N–H and O–H groups in total. The third kappa shape index (κ3) is 4.31. The maximum absolute atomic E-state index is 12.4. The number of esters is 1. The molecule has 0 fully saturated rings. The van der Waals surface area contributed by atoms with Crippen LogP contribution in [0.3, 0.4) is 0 Å². The fourth-order valence-corrected chi connectivity index (χ4v) is 2.92. The van der Waals surface area contributed by atoms with Crippen molar-refractivity contribution in [3.8, 4) is 0 Å². The van der Waals surface area contributed by atoms with Crippen LogP contribution in [0.5, 0.6) is 0 Å². The van der Waals surface area contributed by atoms with E-state index in [9.17, 15) is 4.79 Å². The molecule has 0 aliphatic carbocycles.